The first-order chi connectivity index (χ1) is 9.74. The highest BCUT2D eigenvalue weighted by Gasteiger charge is 2.40. The van der Waals surface area contributed by atoms with E-state index in [-0.39, 0.29) is 12.5 Å². The SMILES string of the molecule is COc1ccc(OCC(=O)N[C@H]2C[C@H]3CC[C@H]2C3)cc1. The number of carbonyl (C=O) groups excluding carboxylic acids is 1. The van der Waals surface area contributed by atoms with Gasteiger partial charge in [-0.05, 0) is 55.4 Å². The minimum absolute atomic E-state index is 0.0154. The van der Waals surface area contributed by atoms with Gasteiger partial charge in [0.25, 0.3) is 5.91 Å². The Kier molecular flexibility index (Phi) is 3.81. The summed E-state index contributed by atoms with van der Waals surface area (Å²) in [6, 6.07) is 7.64. The zero-order valence-corrected chi connectivity index (χ0v) is 11.8. The molecule has 0 heterocycles. The van der Waals surface area contributed by atoms with E-state index in [2.05, 4.69) is 5.32 Å². The molecule has 0 unspecified atom stereocenters. The second kappa shape index (κ2) is 5.73. The molecule has 2 fully saturated rings. The molecule has 3 rings (SSSR count). The summed E-state index contributed by atoms with van der Waals surface area (Å²) in [5, 5.41) is 3.11. The van der Waals surface area contributed by atoms with Crippen LogP contribution >= 0.6 is 0 Å². The predicted molar refractivity (Wildman–Crippen MR) is 75.9 cm³/mol. The van der Waals surface area contributed by atoms with E-state index in [4.69, 9.17) is 9.47 Å². The highest BCUT2D eigenvalue weighted by atomic mass is 16.5. The molecule has 108 valence electrons. The Morgan fingerprint density at radius 3 is 2.55 bits per heavy atom. The highest BCUT2D eigenvalue weighted by molar-refractivity contribution is 5.78. The smallest absolute Gasteiger partial charge is 0.258 e. The van der Waals surface area contributed by atoms with Gasteiger partial charge in [-0.3, -0.25) is 4.79 Å². The van der Waals surface area contributed by atoms with Gasteiger partial charge < -0.3 is 14.8 Å². The molecule has 0 aromatic heterocycles. The number of ether oxygens (including phenoxy) is 2. The molecule has 2 saturated carbocycles. The molecule has 0 spiro atoms. The third-order valence-electron chi connectivity index (χ3n) is 4.51. The van der Waals surface area contributed by atoms with E-state index in [1.807, 2.05) is 24.3 Å². The lowest BCUT2D eigenvalue weighted by Crippen LogP contribution is -2.40. The zero-order valence-electron chi connectivity index (χ0n) is 11.8. The summed E-state index contributed by atoms with van der Waals surface area (Å²) >= 11 is 0. The van der Waals surface area contributed by atoms with E-state index >= 15 is 0 Å². The normalized spacial score (nSPS) is 27.4. The van der Waals surface area contributed by atoms with Crippen LogP contribution in [-0.4, -0.2) is 25.7 Å². The maximum atomic E-state index is 11.9. The van der Waals surface area contributed by atoms with Crippen LogP contribution in [0.2, 0.25) is 0 Å². The third kappa shape index (κ3) is 2.89. The average Bonchev–Trinajstić information content (AvgIpc) is 3.08. The number of amides is 1. The number of benzene rings is 1. The molecule has 2 bridgehead atoms. The maximum Gasteiger partial charge on any atom is 0.258 e. The van der Waals surface area contributed by atoms with Crippen LogP contribution in [0.15, 0.2) is 24.3 Å². The largest absolute Gasteiger partial charge is 0.497 e. The summed E-state index contributed by atoms with van der Waals surface area (Å²) in [5.74, 6) is 2.99. The van der Waals surface area contributed by atoms with E-state index in [9.17, 15) is 4.79 Å². The first-order valence-electron chi connectivity index (χ1n) is 7.31. The third-order valence-corrected chi connectivity index (χ3v) is 4.51. The standard InChI is InChI=1S/C16H21NO3/c1-19-13-4-6-14(7-5-13)20-10-16(18)17-15-9-11-2-3-12(15)8-11/h4-7,11-12,15H,2-3,8-10H2,1H3,(H,17,18)/t11-,12-,15-/m0/s1. The molecule has 1 amide bonds. The molecule has 0 saturated heterocycles. The van der Waals surface area contributed by atoms with Gasteiger partial charge in [0.15, 0.2) is 6.61 Å². The van der Waals surface area contributed by atoms with Crippen molar-refractivity contribution in [2.75, 3.05) is 13.7 Å². The van der Waals surface area contributed by atoms with E-state index < -0.39 is 0 Å². The summed E-state index contributed by atoms with van der Waals surface area (Å²) in [7, 11) is 1.62. The quantitative estimate of drug-likeness (QED) is 0.897. The predicted octanol–water partition coefficient (Wildman–Crippen LogP) is 2.38. The molecule has 0 aliphatic heterocycles. The van der Waals surface area contributed by atoms with Crippen molar-refractivity contribution in [3.05, 3.63) is 24.3 Å². The van der Waals surface area contributed by atoms with Crippen molar-refractivity contribution in [1.29, 1.82) is 0 Å². The van der Waals surface area contributed by atoms with Gasteiger partial charge in [-0.1, -0.05) is 6.42 Å². The Labute approximate surface area is 119 Å². The second-order valence-electron chi connectivity index (χ2n) is 5.81. The Balaban J connectivity index is 1.44. The van der Waals surface area contributed by atoms with E-state index in [1.54, 1.807) is 7.11 Å². The molecule has 1 N–H and O–H groups in total. The lowest BCUT2D eigenvalue weighted by atomic mass is 9.95. The van der Waals surface area contributed by atoms with Crippen LogP contribution in [0.3, 0.4) is 0 Å². The first-order valence-corrected chi connectivity index (χ1v) is 7.31. The Bertz CT molecular complexity index is 471. The van der Waals surface area contributed by atoms with Crippen LogP contribution in [-0.2, 0) is 4.79 Å². The van der Waals surface area contributed by atoms with Crippen molar-refractivity contribution in [1.82, 2.24) is 5.32 Å². The molecule has 3 atom stereocenters. The highest BCUT2D eigenvalue weighted by Crippen LogP contribution is 2.44. The van der Waals surface area contributed by atoms with Crippen LogP contribution in [0, 0.1) is 11.8 Å². The number of hydrogen-bond donors (Lipinski definition) is 1. The number of nitrogens with one attached hydrogen (secondary N) is 1. The topological polar surface area (TPSA) is 47.6 Å². The maximum absolute atomic E-state index is 11.9. The number of methoxy groups -OCH3 is 1. The fourth-order valence-corrected chi connectivity index (χ4v) is 3.49. The van der Waals surface area contributed by atoms with Crippen molar-refractivity contribution in [2.45, 2.75) is 31.7 Å². The van der Waals surface area contributed by atoms with Crippen molar-refractivity contribution in [3.8, 4) is 11.5 Å². The number of carbonyl (C=O) groups is 1. The van der Waals surface area contributed by atoms with Crippen molar-refractivity contribution >= 4 is 5.91 Å². The number of fused-ring (bicyclic) bond motifs is 2. The monoisotopic (exact) mass is 275 g/mol. The van der Waals surface area contributed by atoms with Crippen molar-refractivity contribution in [2.24, 2.45) is 11.8 Å². The van der Waals surface area contributed by atoms with Crippen LogP contribution < -0.4 is 14.8 Å². The fraction of sp³-hybridized carbons (Fsp3) is 0.562. The molecule has 4 nitrogen and oxygen atoms in total. The Morgan fingerprint density at radius 1 is 1.20 bits per heavy atom. The van der Waals surface area contributed by atoms with Crippen molar-refractivity contribution < 1.29 is 14.3 Å². The average molecular weight is 275 g/mol. The Hall–Kier alpha value is -1.71. The van der Waals surface area contributed by atoms with Crippen LogP contribution in [0.1, 0.15) is 25.7 Å². The summed E-state index contributed by atoms with van der Waals surface area (Å²) < 4.78 is 10.6. The summed E-state index contributed by atoms with van der Waals surface area (Å²) in [6.45, 7) is 0.0835. The Morgan fingerprint density at radius 2 is 1.95 bits per heavy atom. The van der Waals surface area contributed by atoms with Crippen LogP contribution in [0.4, 0.5) is 0 Å². The van der Waals surface area contributed by atoms with E-state index in [0.29, 0.717) is 17.7 Å². The molecule has 2 aliphatic carbocycles. The molecule has 1 aromatic carbocycles. The number of hydrogen-bond acceptors (Lipinski definition) is 3. The van der Waals surface area contributed by atoms with E-state index in [0.717, 1.165) is 18.1 Å². The zero-order chi connectivity index (χ0) is 13.9. The van der Waals surface area contributed by atoms with Gasteiger partial charge >= 0.3 is 0 Å². The molecule has 0 radical (unpaired) electrons. The van der Waals surface area contributed by atoms with Gasteiger partial charge in [0.05, 0.1) is 7.11 Å². The van der Waals surface area contributed by atoms with Crippen LogP contribution in [0.25, 0.3) is 0 Å². The molecule has 20 heavy (non-hydrogen) atoms. The minimum Gasteiger partial charge on any atom is -0.497 e. The summed E-state index contributed by atoms with van der Waals surface area (Å²) in [4.78, 5) is 11.9. The van der Waals surface area contributed by atoms with Crippen LogP contribution in [0.5, 0.6) is 11.5 Å². The van der Waals surface area contributed by atoms with Gasteiger partial charge in [-0.25, -0.2) is 0 Å². The first kappa shape index (κ1) is 13.3. The van der Waals surface area contributed by atoms with Gasteiger partial charge in [-0.15, -0.1) is 0 Å². The van der Waals surface area contributed by atoms with Gasteiger partial charge in [0.2, 0.25) is 0 Å². The lowest BCUT2D eigenvalue weighted by molar-refractivity contribution is -0.124. The van der Waals surface area contributed by atoms with Gasteiger partial charge in [-0.2, -0.15) is 0 Å². The summed E-state index contributed by atoms with van der Waals surface area (Å²) in [6.07, 6.45) is 5.07. The van der Waals surface area contributed by atoms with Gasteiger partial charge in [0, 0.05) is 6.04 Å². The molecule has 1 aromatic rings. The second-order valence-corrected chi connectivity index (χ2v) is 5.81. The molecule has 4 heteroatoms. The fourth-order valence-electron chi connectivity index (χ4n) is 3.49. The minimum atomic E-state index is -0.0154. The summed E-state index contributed by atoms with van der Waals surface area (Å²) in [5.41, 5.74) is 0. The molecule has 2 aliphatic rings. The van der Waals surface area contributed by atoms with Gasteiger partial charge in [0.1, 0.15) is 11.5 Å². The lowest BCUT2D eigenvalue weighted by Gasteiger charge is -2.22. The molecular formula is C16H21NO3. The molecular weight excluding hydrogens is 254 g/mol. The number of rotatable bonds is 5. The van der Waals surface area contributed by atoms with Crippen molar-refractivity contribution in [3.63, 3.8) is 0 Å². The van der Waals surface area contributed by atoms with E-state index in [1.165, 1.54) is 19.3 Å².